The summed E-state index contributed by atoms with van der Waals surface area (Å²) in [6.45, 7) is 4.86. The van der Waals surface area contributed by atoms with Gasteiger partial charge in [0.15, 0.2) is 12.6 Å². The Balaban J connectivity index is 0.00000364. The van der Waals surface area contributed by atoms with Crippen LogP contribution in [-0.2, 0) is 16.0 Å². The third kappa shape index (κ3) is 11.0. The van der Waals surface area contributed by atoms with Gasteiger partial charge in [-0.05, 0) is 50.3 Å². The van der Waals surface area contributed by atoms with Crippen LogP contribution in [0.2, 0.25) is 0 Å². The lowest BCUT2D eigenvalue weighted by Gasteiger charge is -2.08. The molecule has 0 unspecified atom stereocenters. The van der Waals surface area contributed by atoms with Crippen LogP contribution in [0.1, 0.15) is 31.7 Å². The quantitative estimate of drug-likeness (QED) is 0.180. The SMILES string of the molecule is CCOCCCN=C(N)NCCc1ccc(OCC(=O)NC2CC2)cc1.I. The number of aliphatic imine (C=N–C) groups is 1. The highest BCUT2D eigenvalue weighted by molar-refractivity contribution is 14.0. The van der Waals surface area contributed by atoms with E-state index in [1.807, 2.05) is 31.2 Å². The van der Waals surface area contributed by atoms with Crippen LogP contribution in [0.4, 0.5) is 0 Å². The van der Waals surface area contributed by atoms with Crippen LogP contribution < -0.4 is 21.1 Å². The lowest BCUT2D eigenvalue weighted by Crippen LogP contribution is -2.33. The van der Waals surface area contributed by atoms with Gasteiger partial charge in [0.1, 0.15) is 5.75 Å². The van der Waals surface area contributed by atoms with Gasteiger partial charge < -0.3 is 25.8 Å². The summed E-state index contributed by atoms with van der Waals surface area (Å²) >= 11 is 0. The van der Waals surface area contributed by atoms with E-state index < -0.39 is 0 Å². The third-order valence-corrected chi connectivity index (χ3v) is 3.89. The van der Waals surface area contributed by atoms with Gasteiger partial charge >= 0.3 is 0 Å². The minimum absolute atomic E-state index is 0. The maximum atomic E-state index is 11.6. The minimum atomic E-state index is -0.0585. The zero-order valence-corrected chi connectivity index (χ0v) is 18.2. The van der Waals surface area contributed by atoms with Gasteiger partial charge in [-0.1, -0.05) is 12.1 Å². The topological polar surface area (TPSA) is 98.0 Å². The number of amides is 1. The molecule has 0 aromatic heterocycles. The van der Waals surface area contributed by atoms with Gasteiger partial charge in [-0.2, -0.15) is 0 Å². The first kappa shape index (κ1) is 23.5. The predicted octanol–water partition coefficient (Wildman–Crippen LogP) is 1.84. The van der Waals surface area contributed by atoms with Crippen LogP contribution >= 0.6 is 24.0 Å². The van der Waals surface area contributed by atoms with Gasteiger partial charge in [-0.15, -0.1) is 24.0 Å². The minimum Gasteiger partial charge on any atom is -0.484 e. The van der Waals surface area contributed by atoms with Gasteiger partial charge in [0.25, 0.3) is 5.91 Å². The molecule has 1 fully saturated rings. The number of carbonyl (C=O) groups excluding carboxylic acids is 1. The summed E-state index contributed by atoms with van der Waals surface area (Å²) in [5.74, 6) is 1.10. The highest BCUT2D eigenvalue weighted by Gasteiger charge is 2.23. The number of nitrogens with one attached hydrogen (secondary N) is 2. The van der Waals surface area contributed by atoms with Gasteiger partial charge in [-0.3, -0.25) is 9.79 Å². The molecule has 4 N–H and O–H groups in total. The van der Waals surface area contributed by atoms with E-state index in [1.54, 1.807) is 0 Å². The van der Waals surface area contributed by atoms with Crippen LogP contribution in [0.15, 0.2) is 29.3 Å². The zero-order valence-electron chi connectivity index (χ0n) is 15.9. The molecule has 1 aromatic carbocycles. The standard InChI is InChI=1S/C19H30N4O3.HI/c1-2-25-13-3-11-21-19(20)22-12-10-15-4-8-17(9-5-15)26-14-18(24)23-16-6-7-16;/h4-5,8-9,16H,2-3,6-7,10-14H2,1H3,(H,23,24)(H3,20,21,22);1H. The largest absolute Gasteiger partial charge is 0.484 e. The average molecular weight is 490 g/mol. The van der Waals surface area contributed by atoms with Gasteiger partial charge in [-0.25, -0.2) is 0 Å². The molecule has 0 saturated heterocycles. The van der Waals surface area contributed by atoms with Crippen molar-refractivity contribution >= 4 is 35.8 Å². The molecule has 8 heteroatoms. The molecule has 0 heterocycles. The maximum Gasteiger partial charge on any atom is 0.258 e. The molecule has 1 aliphatic rings. The highest BCUT2D eigenvalue weighted by atomic mass is 127. The summed E-state index contributed by atoms with van der Waals surface area (Å²) in [4.78, 5) is 15.8. The second kappa shape index (κ2) is 13.6. The number of hydrogen-bond acceptors (Lipinski definition) is 4. The molecule has 0 bridgehead atoms. The number of benzene rings is 1. The normalized spacial score (nSPS) is 13.6. The Labute approximate surface area is 178 Å². The molecule has 0 spiro atoms. The summed E-state index contributed by atoms with van der Waals surface area (Å²) in [7, 11) is 0. The second-order valence-electron chi connectivity index (χ2n) is 6.27. The lowest BCUT2D eigenvalue weighted by atomic mass is 10.1. The molecule has 0 radical (unpaired) electrons. The second-order valence-corrected chi connectivity index (χ2v) is 6.27. The van der Waals surface area contributed by atoms with Crippen molar-refractivity contribution in [1.29, 1.82) is 0 Å². The summed E-state index contributed by atoms with van der Waals surface area (Å²) < 4.78 is 10.7. The first-order chi connectivity index (χ1) is 12.7. The lowest BCUT2D eigenvalue weighted by molar-refractivity contribution is -0.123. The van der Waals surface area contributed by atoms with Crippen LogP contribution in [0.25, 0.3) is 0 Å². The third-order valence-electron chi connectivity index (χ3n) is 3.89. The molecule has 0 atom stereocenters. The van der Waals surface area contributed by atoms with E-state index in [4.69, 9.17) is 15.2 Å². The van der Waals surface area contributed by atoms with Crippen molar-refractivity contribution in [2.45, 2.75) is 38.6 Å². The van der Waals surface area contributed by atoms with Gasteiger partial charge in [0.05, 0.1) is 0 Å². The van der Waals surface area contributed by atoms with Crippen molar-refractivity contribution in [1.82, 2.24) is 10.6 Å². The highest BCUT2D eigenvalue weighted by Crippen LogP contribution is 2.18. The van der Waals surface area contributed by atoms with Gasteiger partial charge in [0.2, 0.25) is 0 Å². The van der Waals surface area contributed by atoms with E-state index in [9.17, 15) is 4.79 Å². The summed E-state index contributed by atoms with van der Waals surface area (Å²) in [6.07, 6.45) is 3.86. The maximum absolute atomic E-state index is 11.6. The number of hydrogen-bond donors (Lipinski definition) is 3. The van der Waals surface area contributed by atoms with Crippen LogP contribution in [0, 0.1) is 0 Å². The Hall–Kier alpha value is -1.55. The number of carbonyl (C=O) groups is 1. The fourth-order valence-corrected chi connectivity index (χ4v) is 2.30. The van der Waals surface area contributed by atoms with E-state index >= 15 is 0 Å². The summed E-state index contributed by atoms with van der Waals surface area (Å²) in [5.41, 5.74) is 6.99. The molecule has 7 nitrogen and oxygen atoms in total. The number of nitrogens with zero attached hydrogens (tertiary/aromatic N) is 1. The fourth-order valence-electron chi connectivity index (χ4n) is 2.30. The Kier molecular flexibility index (Phi) is 11.8. The smallest absolute Gasteiger partial charge is 0.258 e. The Morgan fingerprint density at radius 3 is 2.70 bits per heavy atom. The monoisotopic (exact) mass is 490 g/mol. The van der Waals surface area contributed by atoms with Crippen LogP contribution in [0.5, 0.6) is 5.75 Å². The molecule has 0 aliphatic heterocycles. The van der Waals surface area contributed by atoms with E-state index in [0.717, 1.165) is 37.9 Å². The van der Waals surface area contributed by atoms with E-state index in [-0.39, 0.29) is 36.5 Å². The molecular weight excluding hydrogens is 459 g/mol. The van der Waals surface area contributed by atoms with Crippen molar-refractivity contribution in [3.8, 4) is 5.75 Å². The zero-order chi connectivity index (χ0) is 18.6. The van der Waals surface area contributed by atoms with Crippen molar-refractivity contribution in [2.24, 2.45) is 10.7 Å². The van der Waals surface area contributed by atoms with E-state index in [2.05, 4.69) is 15.6 Å². The first-order valence-corrected chi connectivity index (χ1v) is 9.30. The first-order valence-electron chi connectivity index (χ1n) is 9.30. The summed E-state index contributed by atoms with van der Waals surface area (Å²) in [6, 6.07) is 8.10. The number of ether oxygens (including phenoxy) is 2. The summed E-state index contributed by atoms with van der Waals surface area (Å²) in [5, 5.41) is 6.00. The molecular formula is C19H31IN4O3. The number of nitrogens with two attached hydrogens (primary N) is 1. The predicted molar refractivity (Wildman–Crippen MR) is 118 cm³/mol. The Morgan fingerprint density at radius 2 is 2.04 bits per heavy atom. The fraction of sp³-hybridized carbons (Fsp3) is 0.579. The number of rotatable bonds is 12. The molecule has 1 amide bonds. The Bertz CT molecular complexity index is 577. The van der Waals surface area contributed by atoms with Crippen LogP contribution in [-0.4, -0.2) is 50.8 Å². The molecule has 1 aromatic rings. The molecule has 27 heavy (non-hydrogen) atoms. The van der Waals surface area contributed by atoms with Crippen molar-refractivity contribution in [2.75, 3.05) is 32.9 Å². The Morgan fingerprint density at radius 1 is 1.30 bits per heavy atom. The molecule has 152 valence electrons. The molecule has 1 saturated carbocycles. The van der Waals surface area contributed by atoms with Crippen molar-refractivity contribution < 1.29 is 14.3 Å². The van der Waals surface area contributed by atoms with Gasteiger partial charge in [0, 0.05) is 32.3 Å². The average Bonchev–Trinajstić information content (AvgIpc) is 3.45. The van der Waals surface area contributed by atoms with Crippen molar-refractivity contribution in [3.05, 3.63) is 29.8 Å². The number of halogens is 1. The molecule has 2 rings (SSSR count). The van der Waals surface area contributed by atoms with Crippen molar-refractivity contribution in [3.63, 3.8) is 0 Å². The number of guanidine groups is 1. The van der Waals surface area contributed by atoms with Crippen LogP contribution in [0.3, 0.4) is 0 Å². The molecule has 1 aliphatic carbocycles. The van der Waals surface area contributed by atoms with E-state index in [0.29, 0.717) is 37.4 Å². The van der Waals surface area contributed by atoms with E-state index in [1.165, 1.54) is 0 Å².